The fraction of sp³-hybridized carbons (Fsp3) is 0.125. The summed E-state index contributed by atoms with van der Waals surface area (Å²) >= 11 is 1.19. The Hall–Kier alpha value is 1.35. The zero-order valence-electron chi connectivity index (χ0n) is 17.1. The SMILES string of the molecule is NC1=c2ccc3c4c2C(C=CC4C(SOO[O-])=CC=3S(=O)(=O)[O-])C(SOO[O-])=C1.[Na+].[Na+].[Na+]. The van der Waals surface area contributed by atoms with Gasteiger partial charge in [-0.05, 0) is 28.5 Å². The third-order valence-electron chi connectivity index (χ3n) is 4.75. The Labute approximate surface area is 257 Å². The predicted molar refractivity (Wildman–Crippen MR) is 96.7 cm³/mol. The molecule has 10 nitrogen and oxygen atoms in total. The van der Waals surface area contributed by atoms with Crippen LogP contribution in [0.2, 0.25) is 0 Å². The average molecular weight is 525 g/mol. The molecule has 1 aromatic carbocycles. The zero-order valence-corrected chi connectivity index (χ0v) is 25.5. The Morgan fingerprint density at radius 3 is 1.81 bits per heavy atom. The summed E-state index contributed by atoms with van der Waals surface area (Å²) in [6, 6.07) is 3.14. The molecule has 0 heterocycles. The van der Waals surface area contributed by atoms with Crippen molar-refractivity contribution in [2.24, 2.45) is 5.73 Å². The van der Waals surface area contributed by atoms with Gasteiger partial charge in [-0.2, -0.15) is 8.67 Å². The van der Waals surface area contributed by atoms with Crippen molar-refractivity contribution in [3.8, 4) is 0 Å². The first-order valence-corrected chi connectivity index (χ1v) is 10.8. The van der Waals surface area contributed by atoms with Crippen molar-refractivity contribution in [1.82, 2.24) is 0 Å². The fourth-order valence-electron chi connectivity index (χ4n) is 3.74. The molecule has 0 fully saturated rings. The summed E-state index contributed by atoms with van der Waals surface area (Å²) in [5.74, 6) is -0.920. The van der Waals surface area contributed by atoms with Crippen LogP contribution in [0.25, 0.3) is 10.6 Å². The number of hydrogen-bond donors (Lipinski definition) is 1. The summed E-state index contributed by atoms with van der Waals surface area (Å²) in [6.07, 6.45) is 6.34. The van der Waals surface area contributed by atoms with Crippen molar-refractivity contribution in [1.29, 1.82) is 0 Å². The average Bonchev–Trinajstić information content (AvgIpc) is 2.69. The molecular weight excluding hydrogens is 515 g/mol. The standard InChI is InChI=1S/C16H13NO9S3.3Na/c17-11-5-12(27-25-23-18)8-2-3-9-13(28-26-24-19)6-14(29(20,21)22)10-4-1-7(11)15(8)16(9)10;;;/h1-6,8-9,18-19H,17H2,(H,20,21,22);;;/q;3*+1/p-3. The number of benzene rings is 1. The van der Waals surface area contributed by atoms with Crippen molar-refractivity contribution in [3.05, 3.63) is 67.8 Å². The second-order valence-corrected chi connectivity index (χ2v) is 9.03. The summed E-state index contributed by atoms with van der Waals surface area (Å²) in [5, 5.41) is 28.2. The van der Waals surface area contributed by atoms with E-state index in [4.69, 9.17) is 5.73 Å². The molecule has 154 valence electrons. The van der Waals surface area contributed by atoms with Crippen LogP contribution < -0.4 is 115 Å². The van der Waals surface area contributed by atoms with E-state index in [1.165, 1.54) is 6.07 Å². The van der Waals surface area contributed by atoms with Gasteiger partial charge in [0, 0.05) is 32.6 Å². The van der Waals surface area contributed by atoms with Crippen LogP contribution in [-0.4, -0.2) is 13.0 Å². The molecule has 0 saturated carbocycles. The molecule has 0 radical (unpaired) electrons. The molecule has 0 spiro atoms. The molecule has 1 aromatic rings. The molecule has 3 aliphatic rings. The Balaban J connectivity index is 0.00000171. The van der Waals surface area contributed by atoms with E-state index in [1.54, 1.807) is 18.2 Å². The molecule has 0 aromatic heterocycles. The molecule has 2 unspecified atom stereocenters. The second-order valence-electron chi connectivity index (χ2n) is 6.13. The Kier molecular flexibility index (Phi) is 12.8. The monoisotopic (exact) mass is 525 g/mol. The number of nitrogens with two attached hydrogens (primary N) is 1. The van der Waals surface area contributed by atoms with Gasteiger partial charge in [-0.3, -0.25) is 10.1 Å². The minimum Gasteiger partial charge on any atom is -0.744 e. The van der Waals surface area contributed by atoms with Gasteiger partial charge in [0.1, 0.15) is 10.1 Å². The first-order valence-electron chi connectivity index (χ1n) is 7.87. The molecule has 2 N–H and O–H groups in total. The van der Waals surface area contributed by atoms with Gasteiger partial charge >= 0.3 is 88.7 Å². The van der Waals surface area contributed by atoms with Crippen LogP contribution in [0.15, 0.2) is 46.2 Å². The summed E-state index contributed by atoms with van der Waals surface area (Å²) in [7, 11) is -4.85. The molecule has 4 rings (SSSR count). The van der Waals surface area contributed by atoms with Crippen LogP contribution in [0.1, 0.15) is 23.0 Å². The molecule has 0 amide bonds. The molecule has 0 saturated heterocycles. The Bertz CT molecular complexity index is 1200. The van der Waals surface area contributed by atoms with Crippen molar-refractivity contribution in [3.63, 3.8) is 0 Å². The van der Waals surface area contributed by atoms with Crippen molar-refractivity contribution < 1.29 is 131 Å². The van der Waals surface area contributed by atoms with Gasteiger partial charge < -0.3 is 20.8 Å². The van der Waals surface area contributed by atoms with Gasteiger partial charge in [0.15, 0.2) is 0 Å². The zero-order chi connectivity index (χ0) is 20.8. The molecule has 16 heteroatoms. The fourth-order valence-corrected chi connectivity index (χ4v) is 5.69. The van der Waals surface area contributed by atoms with Crippen LogP contribution in [0.4, 0.5) is 0 Å². The van der Waals surface area contributed by atoms with E-state index in [9.17, 15) is 23.5 Å². The van der Waals surface area contributed by atoms with Crippen LogP contribution in [0.3, 0.4) is 0 Å². The van der Waals surface area contributed by atoms with E-state index in [1.807, 2.05) is 6.08 Å². The summed E-state index contributed by atoms with van der Waals surface area (Å²) in [6.45, 7) is 0. The molecule has 0 aliphatic heterocycles. The van der Waals surface area contributed by atoms with Crippen LogP contribution in [0.5, 0.6) is 0 Å². The normalized spacial score (nSPS) is 20.2. The van der Waals surface area contributed by atoms with Gasteiger partial charge in [-0.25, -0.2) is 8.42 Å². The van der Waals surface area contributed by atoms with Crippen LogP contribution in [0, 0.1) is 0 Å². The van der Waals surface area contributed by atoms with E-state index in [2.05, 4.69) is 18.7 Å². The smallest absolute Gasteiger partial charge is 0.744 e. The van der Waals surface area contributed by atoms with E-state index in [0.29, 0.717) is 51.0 Å². The largest absolute Gasteiger partial charge is 1.00 e. The third kappa shape index (κ3) is 6.00. The quantitative estimate of drug-likeness (QED) is 0.0893. The second kappa shape index (κ2) is 13.1. The van der Waals surface area contributed by atoms with Gasteiger partial charge in [-0.15, -0.1) is 0 Å². The van der Waals surface area contributed by atoms with Crippen molar-refractivity contribution >= 4 is 44.8 Å². The van der Waals surface area contributed by atoms with Crippen molar-refractivity contribution in [2.75, 3.05) is 0 Å². The maximum absolute atomic E-state index is 11.9. The first-order chi connectivity index (χ1) is 13.9. The van der Waals surface area contributed by atoms with Crippen molar-refractivity contribution in [2.45, 2.75) is 11.8 Å². The number of hydrogen-bond acceptors (Lipinski definition) is 12. The Morgan fingerprint density at radius 2 is 1.31 bits per heavy atom. The van der Waals surface area contributed by atoms with Gasteiger partial charge in [0.2, 0.25) is 0 Å². The third-order valence-corrected chi connectivity index (χ3v) is 7.00. The van der Waals surface area contributed by atoms with E-state index in [0.717, 1.165) is 6.08 Å². The number of allylic oxidation sites excluding steroid dienone is 4. The maximum Gasteiger partial charge on any atom is 1.00 e. The summed E-state index contributed by atoms with van der Waals surface area (Å²) in [4.78, 5) is 0.342. The molecule has 2 atom stereocenters. The summed E-state index contributed by atoms with van der Waals surface area (Å²) in [5.41, 5.74) is 7.69. The summed E-state index contributed by atoms with van der Waals surface area (Å²) < 4.78 is 44.5. The van der Waals surface area contributed by atoms with Gasteiger partial charge in [0.05, 0.1) is 29.0 Å². The van der Waals surface area contributed by atoms with Crippen LogP contribution >= 0.6 is 24.1 Å². The molecule has 0 bridgehead atoms. The molecule has 3 aliphatic carbocycles. The maximum atomic E-state index is 11.9. The van der Waals surface area contributed by atoms with E-state index < -0.39 is 26.9 Å². The van der Waals surface area contributed by atoms with Gasteiger partial charge in [-0.1, -0.05) is 24.3 Å². The van der Waals surface area contributed by atoms with Crippen LogP contribution in [-0.2, 0) is 28.9 Å². The Morgan fingerprint density at radius 1 is 0.844 bits per heavy atom. The minimum absolute atomic E-state index is 0. The topological polar surface area (TPSA) is 166 Å². The minimum atomic E-state index is -4.85. The van der Waals surface area contributed by atoms with Gasteiger partial charge in [0.25, 0.3) is 0 Å². The number of rotatable bonds is 7. The van der Waals surface area contributed by atoms with E-state index in [-0.39, 0.29) is 98.8 Å². The molecular formula is C16H10NNa3O9S3. The first kappa shape index (κ1) is 31.4. The van der Waals surface area contributed by atoms with E-state index >= 15 is 0 Å². The molecule has 32 heavy (non-hydrogen) atoms. The predicted octanol–water partition coefficient (Wildman–Crippen LogP) is -10.3.